The van der Waals surface area contributed by atoms with Gasteiger partial charge < -0.3 is 11.1 Å². The van der Waals surface area contributed by atoms with Gasteiger partial charge in [0.15, 0.2) is 0 Å². The predicted molar refractivity (Wildman–Crippen MR) is 61.5 cm³/mol. The Hall–Kier alpha value is -0.610. The third kappa shape index (κ3) is 3.18. The lowest BCUT2D eigenvalue weighted by Crippen LogP contribution is -2.66. The summed E-state index contributed by atoms with van der Waals surface area (Å²) >= 11 is 0. The molecule has 1 aliphatic rings. The molecular formula is C11H23N3O. The van der Waals surface area contributed by atoms with Gasteiger partial charge in [-0.2, -0.15) is 0 Å². The van der Waals surface area contributed by atoms with Crippen LogP contribution in [0.4, 0.5) is 0 Å². The Morgan fingerprint density at radius 1 is 1.60 bits per heavy atom. The quantitative estimate of drug-likeness (QED) is 0.703. The average Bonchev–Trinajstić information content (AvgIpc) is 1.99. The minimum absolute atomic E-state index is 0.0643. The molecule has 0 spiro atoms. The zero-order valence-electron chi connectivity index (χ0n) is 10.2. The Morgan fingerprint density at radius 3 is 2.67 bits per heavy atom. The summed E-state index contributed by atoms with van der Waals surface area (Å²) in [4.78, 5) is 14.0. The van der Waals surface area contributed by atoms with Gasteiger partial charge in [0.2, 0.25) is 5.91 Å². The maximum absolute atomic E-state index is 11.8. The Morgan fingerprint density at radius 2 is 2.20 bits per heavy atom. The molecule has 0 saturated carbocycles. The van der Waals surface area contributed by atoms with E-state index in [1.54, 1.807) is 0 Å². The molecule has 88 valence electrons. The maximum Gasteiger partial charge on any atom is 0.239 e. The van der Waals surface area contributed by atoms with E-state index in [1.165, 1.54) is 0 Å². The highest BCUT2D eigenvalue weighted by Crippen LogP contribution is 2.16. The summed E-state index contributed by atoms with van der Waals surface area (Å²) < 4.78 is 0. The highest BCUT2D eigenvalue weighted by Gasteiger charge is 2.37. The Labute approximate surface area is 92.2 Å². The lowest BCUT2D eigenvalue weighted by Gasteiger charge is -2.43. The number of hydrogen-bond donors (Lipinski definition) is 2. The van der Waals surface area contributed by atoms with Crippen LogP contribution >= 0.6 is 0 Å². The smallest absolute Gasteiger partial charge is 0.239 e. The summed E-state index contributed by atoms with van der Waals surface area (Å²) in [7, 11) is 0. The van der Waals surface area contributed by atoms with E-state index in [1.807, 2.05) is 13.8 Å². The summed E-state index contributed by atoms with van der Waals surface area (Å²) in [5.41, 5.74) is 5.50. The van der Waals surface area contributed by atoms with E-state index in [-0.39, 0.29) is 17.5 Å². The van der Waals surface area contributed by atoms with Crippen molar-refractivity contribution in [3.63, 3.8) is 0 Å². The van der Waals surface area contributed by atoms with Crippen molar-refractivity contribution >= 4 is 5.91 Å². The van der Waals surface area contributed by atoms with Gasteiger partial charge in [0, 0.05) is 25.2 Å². The minimum atomic E-state index is -0.152. The van der Waals surface area contributed by atoms with Gasteiger partial charge >= 0.3 is 0 Å². The van der Waals surface area contributed by atoms with Crippen LogP contribution in [0.2, 0.25) is 0 Å². The zero-order valence-corrected chi connectivity index (χ0v) is 10.2. The van der Waals surface area contributed by atoms with Crippen LogP contribution in [0.1, 0.15) is 27.7 Å². The highest BCUT2D eigenvalue weighted by atomic mass is 16.2. The SMILES string of the molecule is CC(C)CN1CC(C)(C)NC(=O)C1CN. The van der Waals surface area contributed by atoms with E-state index in [0.29, 0.717) is 12.5 Å². The summed E-state index contributed by atoms with van der Waals surface area (Å²) in [6.07, 6.45) is 0. The normalized spacial score (nSPS) is 26.8. The van der Waals surface area contributed by atoms with Crippen LogP contribution in [0.25, 0.3) is 0 Å². The van der Waals surface area contributed by atoms with Crippen molar-refractivity contribution in [2.45, 2.75) is 39.3 Å². The molecule has 1 heterocycles. The van der Waals surface area contributed by atoms with Gasteiger partial charge in [-0.3, -0.25) is 9.69 Å². The maximum atomic E-state index is 11.8. The van der Waals surface area contributed by atoms with Crippen LogP contribution in [0.5, 0.6) is 0 Å². The molecule has 0 aromatic rings. The summed E-state index contributed by atoms with van der Waals surface area (Å²) in [6, 6.07) is -0.152. The van der Waals surface area contributed by atoms with Gasteiger partial charge in [0.25, 0.3) is 0 Å². The highest BCUT2D eigenvalue weighted by molar-refractivity contribution is 5.83. The first-order valence-electron chi connectivity index (χ1n) is 5.62. The van der Waals surface area contributed by atoms with Crippen LogP contribution in [-0.2, 0) is 4.79 Å². The van der Waals surface area contributed by atoms with Gasteiger partial charge in [-0.15, -0.1) is 0 Å². The van der Waals surface area contributed by atoms with Crippen molar-refractivity contribution in [2.24, 2.45) is 11.7 Å². The Balaban J connectivity index is 2.74. The molecular weight excluding hydrogens is 190 g/mol. The molecule has 1 atom stereocenters. The third-order valence-corrected chi connectivity index (χ3v) is 2.63. The molecule has 0 aromatic carbocycles. The van der Waals surface area contributed by atoms with Crippen molar-refractivity contribution in [3.05, 3.63) is 0 Å². The van der Waals surface area contributed by atoms with Gasteiger partial charge in [-0.05, 0) is 19.8 Å². The molecule has 1 saturated heterocycles. The molecule has 0 radical (unpaired) electrons. The molecule has 0 aliphatic carbocycles. The van der Waals surface area contributed by atoms with Crippen LogP contribution < -0.4 is 11.1 Å². The van der Waals surface area contributed by atoms with Crippen molar-refractivity contribution in [3.8, 4) is 0 Å². The standard InChI is InChI=1S/C11H23N3O/c1-8(2)6-14-7-11(3,4)13-10(15)9(14)5-12/h8-9H,5-7,12H2,1-4H3,(H,13,15). The summed E-state index contributed by atoms with van der Waals surface area (Å²) in [6.45, 7) is 10.6. The number of carbonyl (C=O) groups excluding carboxylic acids is 1. The topological polar surface area (TPSA) is 58.4 Å². The monoisotopic (exact) mass is 213 g/mol. The van der Waals surface area contributed by atoms with Crippen LogP contribution in [-0.4, -0.2) is 42.0 Å². The lowest BCUT2D eigenvalue weighted by molar-refractivity contribution is -0.132. The Bertz CT molecular complexity index is 238. The van der Waals surface area contributed by atoms with Crippen LogP contribution in [0.15, 0.2) is 0 Å². The van der Waals surface area contributed by atoms with E-state index >= 15 is 0 Å². The lowest BCUT2D eigenvalue weighted by atomic mass is 9.97. The number of amides is 1. The molecule has 3 N–H and O–H groups in total. The second kappa shape index (κ2) is 4.49. The van der Waals surface area contributed by atoms with Crippen molar-refractivity contribution in [1.82, 2.24) is 10.2 Å². The van der Waals surface area contributed by atoms with E-state index in [9.17, 15) is 4.79 Å². The minimum Gasteiger partial charge on any atom is -0.349 e. The largest absolute Gasteiger partial charge is 0.349 e. The zero-order chi connectivity index (χ0) is 11.6. The second-order valence-corrected chi connectivity index (χ2v) is 5.45. The first-order valence-corrected chi connectivity index (χ1v) is 5.62. The molecule has 1 rings (SSSR count). The number of rotatable bonds is 3. The molecule has 4 nitrogen and oxygen atoms in total. The van der Waals surface area contributed by atoms with Gasteiger partial charge in [-0.1, -0.05) is 13.8 Å². The number of nitrogens with two attached hydrogens (primary N) is 1. The molecule has 0 bridgehead atoms. The fraction of sp³-hybridized carbons (Fsp3) is 0.909. The van der Waals surface area contributed by atoms with E-state index in [4.69, 9.17) is 5.73 Å². The number of hydrogen-bond acceptors (Lipinski definition) is 3. The molecule has 1 amide bonds. The fourth-order valence-corrected chi connectivity index (χ4v) is 2.16. The number of nitrogens with one attached hydrogen (secondary N) is 1. The summed E-state index contributed by atoms with van der Waals surface area (Å²) in [5, 5.41) is 3.00. The third-order valence-electron chi connectivity index (χ3n) is 2.63. The molecule has 1 aliphatic heterocycles. The van der Waals surface area contributed by atoms with E-state index < -0.39 is 0 Å². The Kier molecular flexibility index (Phi) is 3.73. The summed E-state index contributed by atoms with van der Waals surface area (Å²) in [5.74, 6) is 0.621. The molecule has 15 heavy (non-hydrogen) atoms. The second-order valence-electron chi connectivity index (χ2n) is 5.45. The average molecular weight is 213 g/mol. The fourth-order valence-electron chi connectivity index (χ4n) is 2.16. The number of piperazine rings is 1. The van der Waals surface area contributed by atoms with E-state index in [2.05, 4.69) is 24.1 Å². The molecule has 1 unspecified atom stereocenters. The van der Waals surface area contributed by atoms with Crippen LogP contribution in [0.3, 0.4) is 0 Å². The predicted octanol–water partition coefficient (Wildman–Crippen LogP) is 0.180. The van der Waals surface area contributed by atoms with Crippen molar-refractivity contribution < 1.29 is 4.79 Å². The van der Waals surface area contributed by atoms with Gasteiger partial charge in [0.1, 0.15) is 6.04 Å². The first-order chi connectivity index (χ1) is 6.85. The first kappa shape index (κ1) is 12.5. The van der Waals surface area contributed by atoms with Gasteiger partial charge in [0.05, 0.1) is 0 Å². The van der Waals surface area contributed by atoms with Crippen molar-refractivity contribution in [2.75, 3.05) is 19.6 Å². The number of nitrogens with zero attached hydrogens (tertiary/aromatic N) is 1. The molecule has 0 aromatic heterocycles. The molecule has 1 fully saturated rings. The van der Waals surface area contributed by atoms with Gasteiger partial charge in [-0.25, -0.2) is 0 Å². The number of carbonyl (C=O) groups is 1. The van der Waals surface area contributed by atoms with Crippen molar-refractivity contribution in [1.29, 1.82) is 0 Å². The van der Waals surface area contributed by atoms with Crippen LogP contribution in [0, 0.1) is 5.92 Å². The molecule has 4 heteroatoms. The van der Waals surface area contributed by atoms with E-state index in [0.717, 1.165) is 13.1 Å².